The van der Waals surface area contributed by atoms with Crippen molar-refractivity contribution in [2.75, 3.05) is 51.2 Å². The molecule has 0 aliphatic rings. The van der Waals surface area contributed by atoms with Crippen LogP contribution in [0.1, 0.15) is 0 Å². The molecule has 2 N–H and O–H groups in total. The highest BCUT2D eigenvalue weighted by atomic mass is 19.1. The molecule has 124 valence electrons. The summed E-state index contributed by atoms with van der Waals surface area (Å²) >= 11 is 0. The molecule has 23 heavy (non-hydrogen) atoms. The Morgan fingerprint density at radius 2 is 1.70 bits per heavy atom. The largest absolute Gasteiger partial charge is 0.399 e. The first kappa shape index (κ1) is 17.2. The third-order valence-electron chi connectivity index (χ3n) is 3.63. The van der Waals surface area contributed by atoms with Crippen LogP contribution in [-0.2, 0) is 9.47 Å². The molecular weight excluding hydrogens is 295 g/mol. The Bertz CT molecular complexity index is 626. The molecular formula is C18H23FN2O2. The number of rotatable bonds is 8. The Kier molecular flexibility index (Phi) is 6.38. The smallest absolute Gasteiger partial charge is 0.123 e. The molecule has 0 bridgehead atoms. The van der Waals surface area contributed by atoms with E-state index in [-0.39, 0.29) is 5.82 Å². The van der Waals surface area contributed by atoms with Gasteiger partial charge in [-0.05, 0) is 35.9 Å². The third kappa shape index (κ3) is 4.68. The monoisotopic (exact) mass is 318 g/mol. The van der Waals surface area contributed by atoms with Crippen molar-refractivity contribution >= 4 is 11.4 Å². The lowest BCUT2D eigenvalue weighted by molar-refractivity contribution is 0.190. The summed E-state index contributed by atoms with van der Waals surface area (Å²) in [5.41, 5.74) is 9.27. The fourth-order valence-electron chi connectivity index (χ4n) is 2.47. The van der Waals surface area contributed by atoms with Gasteiger partial charge in [0.15, 0.2) is 0 Å². The summed E-state index contributed by atoms with van der Waals surface area (Å²) in [6.07, 6.45) is 0. The topological polar surface area (TPSA) is 47.7 Å². The van der Waals surface area contributed by atoms with Gasteiger partial charge in [0.1, 0.15) is 5.82 Å². The molecule has 5 heteroatoms. The van der Waals surface area contributed by atoms with Crippen LogP contribution in [0.3, 0.4) is 0 Å². The van der Waals surface area contributed by atoms with Gasteiger partial charge in [0.05, 0.1) is 13.2 Å². The molecule has 0 unspecified atom stereocenters. The maximum absolute atomic E-state index is 13.6. The third-order valence-corrected chi connectivity index (χ3v) is 3.63. The lowest BCUT2D eigenvalue weighted by atomic mass is 10.0. The van der Waals surface area contributed by atoms with Crippen LogP contribution >= 0.6 is 0 Å². The van der Waals surface area contributed by atoms with Crippen LogP contribution in [0.4, 0.5) is 15.8 Å². The van der Waals surface area contributed by atoms with Crippen molar-refractivity contribution in [3.63, 3.8) is 0 Å². The Hall–Kier alpha value is -2.11. The van der Waals surface area contributed by atoms with Crippen molar-refractivity contribution in [1.29, 1.82) is 0 Å². The molecule has 0 saturated heterocycles. The number of anilines is 2. The normalized spacial score (nSPS) is 10.7. The molecule has 0 aromatic heterocycles. The molecule has 0 spiro atoms. The van der Waals surface area contributed by atoms with Gasteiger partial charge < -0.3 is 20.1 Å². The van der Waals surface area contributed by atoms with E-state index in [2.05, 4.69) is 4.90 Å². The van der Waals surface area contributed by atoms with E-state index < -0.39 is 0 Å². The Morgan fingerprint density at radius 3 is 2.30 bits per heavy atom. The van der Waals surface area contributed by atoms with E-state index in [1.807, 2.05) is 24.3 Å². The van der Waals surface area contributed by atoms with E-state index in [9.17, 15) is 4.39 Å². The summed E-state index contributed by atoms with van der Waals surface area (Å²) in [7, 11) is 3.34. The molecule has 0 aliphatic heterocycles. The van der Waals surface area contributed by atoms with Crippen LogP contribution in [0.5, 0.6) is 0 Å². The van der Waals surface area contributed by atoms with Crippen molar-refractivity contribution in [2.45, 2.75) is 0 Å². The lowest BCUT2D eigenvalue weighted by Crippen LogP contribution is -2.31. The lowest BCUT2D eigenvalue weighted by Gasteiger charge is -2.27. The van der Waals surface area contributed by atoms with Crippen molar-refractivity contribution in [2.24, 2.45) is 0 Å². The van der Waals surface area contributed by atoms with E-state index in [1.54, 1.807) is 20.3 Å². The second kappa shape index (κ2) is 8.50. The van der Waals surface area contributed by atoms with E-state index >= 15 is 0 Å². The Balaban J connectivity index is 2.42. The fourth-order valence-corrected chi connectivity index (χ4v) is 2.47. The van der Waals surface area contributed by atoms with Gasteiger partial charge in [-0.1, -0.05) is 12.1 Å². The van der Waals surface area contributed by atoms with E-state index in [4.69, 9.17) is 15.2 Å². The molecule has 2 rings (SSSR count). The number of nitrogens with zero attached hydrogens (tertiary/aromatic N) is 1. The second-order valence-corrected chi connectivity index (χ2v) is 5.26. The van der Waals surface area contributed by atoms with Crippen LogP contribution in [0.2, 0.25) is 0 Å². The van der Waals surface area contributed by atoms with Crippen LogP contribution in [0.25, 0.3) is 11.1 Å². The number of halogens is 1. The summed E-state index contributed by atoms with van der Waals surface area (Å²) in [6, 6.07) is 12.2. The highest BCUT2D eigenvalue weighted by Gasteiger charge is 2.13. The minimum Gasteiger partial charge on any atom is -0.399 e. The SMILES string of the molecule is COCCN(CCOC)c1ccc(N)cc1-c1cccc(F)c1. The molecule has 2 aromatic carbocycles. The van der Waals surface area contributed by atoms with Gasteiger partial charge in [0.2, 0.25) is 0 Å². The van der Waals surface area contributed by atoms with Gasteiger partial charge in [0, 0.05) is 44.2 Å². The van der Waals surface area contributed by atoms with Gasteiger partial charge in [0.25, 0.3) is 0 Å². The number of benzene rings is 2. The maximum Gasteiger partial charge on any atom is 0.123 e. The zero-order valence-corrected chi connectivity index (χ0v) is 13.6. The standard InChI is InChI=1S/C18H23FN2O2/c1-22-10-8-21(9-11-23-2)18-7-6-16(20)13-17(18)14-4-3-5-15(19)12-14/h3-7,12-13H,8-11,20H2,1-2H3. The van der Waals surface area contributed by atoms with E-state index in [1.165, 1.54) is 12.1 Å². The van der Waals surface area contributed by atoms with Crippen LogP contribution in [0, 0.1) is 5.82 Å². The van der Waals surface area contributed by atoms with Crippen molar-refractivity contribution in [3.8, 4) is 11.1 Å². The van der Waals surface area contributed by atoms with Crippen molar-refractivity contribution < 1.29 is 13.9 Å². The number of hydrogen-bond donors (Lipinski definition) is 1. The minimum absolute atomic E-state index is 0.267. The van der Waals surface area contributed by atoms with Crippen LogP contribution < -0.4 is 10.6 Å². The predicted molar refractivity (Wildman–Crippen MR) is 92.2 cm³/mol. The highest BCUT2D eigenvalue weighted by Crippen LogP contribution is 2.33. The van der Waals surface area contributed by atoms with Gasteiger partial charge in [-0.3, -0.25) is 0 Å². The number of ether oxygens (including phenoxy) is 2. The highest BCUT2D eigenvalue weighted by molar-refractivity contribution is 5.81. The molecule has 0 heterocycles. The maximum atomic E-state index is 13.6. The molecule has 0 amide bonds. The number of nitrogens with two attached hydrogens (primary N) is 1. The number of methoxy groups -OCH3 is 2. The van der Waals surface area contributed by atoms with Gasteiger partial charge >= 0.3 is 0 Å². The average Bonchev–Trinajstić information content (AvgIpc) is 2.55. The molecule has 0 atom stereocenters. The average molecular weight is 318 g/mol. The van der Waals surface area contributed by atoms with Gasteiger partial charge in [-0.2, -0.15) is 0 Å². The zero-order chi connectivity index (χ0) is 16.7. The molecule has 2 aromatic rings. The van der Waals surface area contributed by atoms with Crippen molar-refractivity contribution in [1.82, 2.24) is 0 Å². The summed E-state index contributed by atoms with van der Waals surface area (Å²) in [4.78, 5) is 2.16. The first-order chi connectivity index (χ1) is 11.2. The zero-order valence-electron chi connectivity index (χ0n) is 13.6. The van der Waals surface area contributed by atoms with E-state index in [0.717, 1.165) is 16.8 Å². The number of hydrogen-bond acceptors (Lipinski definition) is 4. The predicted octanol–water partition coefficient (Wildman–Crippen LogP) is 3.17. The summed E-state index contributed by atoms with van der Waals surface area (Å²) in [5.74, 6) is -0.267. The van der Waals surface area contributed by atoms with Crippen LogP contribution in [0.15, 0.2) is 42.5 Å². The summed E-state index contributed by atoms with van der Waals surface area (Å²) in [5, 5.41) is 0. The molecule has 0 aliphatic carbocycles. The number of nitrogen functional groups attached to an aromatic ring is 1. The Labute approximate surface area is 136 Å². The van der Waals surface area contributed by atoms with Gasteiger partial charge in [-0.25, -0.2) is 4.39 Å². The van der Waals surface area contributed by atoms with E-state index in [0.29, 0.717) is 32.0 Å². The first-order valence-corrected chi connectivity index (χ1v) is 7.54. The minimum atomic E-state index is -0.267. The first-order valence-electron chi connectivity index (χ1n) is 7.54. The summed E-state index contributed by atoms with van der Waals surface area (Å²) in [6.45, 7) is 2.62. The molecule has 0 fully saturated rings. The molecule has 0 radical (unpaired) electrons. The van der Waals surface area contributed by atoms with Crippen molar-refractivity contribution in [3.05, 3.63) is 48.3 Å². The second-order valence-electron chi connectivity index (χ2n) is 5.26. The summed E-state index contributed by atoms with van der Waals surface area (Å²) < 4.78 is 24.0. The van der Waals surface area contributed by atoms with Crippen LogP contribution in [-0.4, -0.2) is 40.5 Å². The molecule has 4 nitrogen and oxygen atoms in total. The quantitative estimate of drug-likeness (QED) is 0.760. The fraction of sp³-hybridized carbons (Fsp3) is 0.333. The molecule has 0 saturated carbocycles. The Morgan fingerprint density at radius 1 is 1.00 bits per heavy atom. The van der Waals surface area contributed by atoms with Gasteiger partial charge in [-0.15, -0.1) is 0 Å².